The van der Waals surface area contributed by atoms with Crippen LogP contribution in [0.3, 0.4) is 0 Å². The van der Waals surface area contributed by atoms with Gasteiger partial charge in [-0.25, -0.2) is 0 Å². The lowest BCUT2D eigenvalue weighted by molar-refractivity contribution is -0.157. The van der Waals surface area contributed by atoms with E-state index in [1.165, 1.54) is 16.8 Å². The molecule has 3 rings (SSSR count). The third kappa shape index (κ3) is 3.89. The summed E-state index contributed by atoms with van der Waals surface area (Å²) in [6.45, 7) is 0.646. The molecule has 0 unspecified atom stereocenters. The Morgan fingerprint density at radius 2 is 1.96 bits per heavy atom. The largest absolute Gasteiger partial charge is 0.470 e. The number of aromatic nitrogens is 3. The second-order valence-electron chi connectivity index (χ2n) is 5.77. The Hall–Kier alpha value is -2.65. The van der Waals surface area contributed by atoms with Crippen molar-refractivity contribution >= 4 is 5.91 Å². The Balaban J connectivity index is 1.58. The van der Waals surface area contributed by atoms with Crippen LogP contribution in [0.1, 0.15) is 30.5 Å². The van der Waals surface area contributed by atoms with Crippen LogP contribution in [0.4, 0.5) is 13.2 Å². The number of alkyl halides is 3. The molecule has 134 valence electrons. The first kappa shape index (κ1) is 17.2. The van der Waals surface area contributed by atoms with E-state index in [0.717, 1.165) is 0 Å². The summed E-state index contributed by atoms with van der Waals surface area (Å²) in [7, 11) is 0. The first-order chi connectivity index (χ1) is 11.8. The van der Waals surface area contributed by atoms with Crippen LogP contribution in [0.15, 0.2) is 33.6 Å². The van der Waals surface area contributed by atoms with Gasteiger partial charge in [-0.3, -0.25) is 9.59 Å². The van der Waals surface area contributed by atoms with Crippen LogP contribution >= 0.6 is 0 Å². The summed E-state index contributed by atoms with van der Waals surface area (Å²) in [5.74, 6) is -1.94. The van der Waals surface area contributed by atoms with Gasteiger partial charge in [0.15, 0.2) is 0 Å². The highest BCUT2D eigenvalue weighted by Gasteiger charge is 2.39. The van der Waals surface area contributed by atoms with E-state index in [9.17, 15) is 22.8 Å². The lowest BCUT2D eigenvalue weighted by Gasteiger charge is -2.30. The summed E-state index contributed by atoms with van der Waals surface area (Å²) >= 11 is 0. The summed E-state index contributed by atoms with van der Waals surface area (Å²) in [5, 5.41) is 6.49. The number of hydrogen-bond acceptors (Lipinski definition) is 5. The van der Waals surface area contributed by atoms with Gasteiger partial charge in [0, 0.05) is 31.3 Å². The molecule has 0 spiro atoms. The molecule has 1 aliphatic rings. The average molecular weight is 356 g/mol. The lowest BCUT2D eigenvalue weighted by Crippen LogP contribution is -2.41. The van der Waals surface area contributed by atoms with E-state index in [1.807, 2.05) is 0 Å². The van der Waals surface area contributed by atoms with Gasteiger partial charge in [0.1, 0.15) is 6.54 Å². The summed E-state index contributed by atoms with van der Waals surface area (Å²) in [6.07, 6.45) is -2.28. The molecule has 0 aliphatic carbocycles. The molecular formula is C15H15F3N4O3. The van der Waals surface area contributed by atoms with Crippen LogP contribution in [0.25, 0.3) is 0 Å². The van der Waals surface area contributed by atoms with Gasteiger partial charge in [0.2, 0.25) is 11.8 Å². The fraction of sp³-hybridized carbons (Fsp3) is 0.467. The van der Waals surface area contributed by atoms with Gasteiger partial charge >= 0.3 is 12.1 Å². The third-order valence-electron chi connectivity index (χ3n) is 4.08. The minimum atomic E-state index is -4.66. The second kappa shape index (κ2) is 6.69. The highest BCUT2D eigenvalue weighted by molar-refractivity contribution is 5.76. The molecule has 0 atom stereocenters. The minimum absolute atomic E-state index is 0.0568. The maximum absolute atomic E-state index is 12.5. The third-order valence-corrected chi connectivity index (χ3v) is 4.08. The Bertz CT molecular complexity index is 807. The van der Waals surface area contributed by atoms with Crippen molar-refractivity contribution in [1.82, 2.24) is 19.7 Å². The SMILES string of the molecule is O=C(Cn1ccccc1=O)N1CCC(c2nnc(C(F)(F)F)o2)CC1. The predicted molar refractivity (Wildman–Crippen MR) is 78.6 cm³/mol. The van der Waals surface area contributed by atoms with Crippen molar-refractivity contribution in [3.63, 3.8) is 0 Å². The van der Waals surface area contributed by atoms with Crippen molar-refractivity contribution in [1.29, 1.82) is 0 Å². The monoisotopic (exact) mass is 356 g/mol. The van der Waals surface area contributed by atoms with Crippen molar-refractivity contribution in [3.05, 3.63) is 46.5 Å². The van der Waals surface area contributed by atoms with Crippen molar-refractivity contribution in [2.24, 2.45) is 0 Å². The molecule has 0 aromatic carbocycles. The van der Waals surface area contributed by atoms with Gasteiger partial charge < -0.3 is 13.9 Å². The Labute approximate surface area is 140 Å². The van der Waals surface area contributed by atoms with Crippen molar-refractivity contribution in [3.8, 4) is 0 Å². The van der Waals surface area contributed by atoms with Crippen LogP contribution < -0.4 is 5.56 Å². The first-order valence-corrected chi connectivity index (χ1v) is 7.68. The fourth-order valence-electron chi connectivity index (χ4n) is 2.73. The topological polar surface area (TPSA) is 81.2 Å². The number of halogens is 3. The summed E-state index contributed by atoms with van der Waals surface area (Å²) in [5.41, 5.74) is -0.267. The molecule has 7 nitrogen and oxygen atoms in total. The number of carbonyl (C=O) groups excluding carboxylic acids is 1. The highest BCUT2D eigenvalue weighted by Crippen LogP contribution is 2.32. The minimum Gasteiger partial charge on any atom is -0.417 e. The smallest absolute Gasteiger partial charge is 0.417 e. The van der Waals surface area contributed by atoms with Crippen LogP contribution in [-0.4, -0.2) is 38.7 Å². The number of likely N-dealkylation sites (tertiary alicyclic amines) is 1. The Morgan fingerprint density at radius 1 is 1.24 bits per heavy atom. The summed E-state index contributed by atoms with van der Waals surface area (Å²) in [4.78, 5) is 25.5. The van der Waals surface area contributed by atoms with Crippen molar-refractivity contribution in [2.45, 2.75) is 31.5 Å². The lowest BCUT2D eigenvalue weighted by atomic mass is 9.97. The van der Waals surface area contributed by atoms with Gasteiger partial charge in [0.25, 0.3) is 5.56 Å². The van der Waals surface area contributed by atoms with Gasteiger partial charge in [-0.05, 0) is 18.9 Å². The highest BCUT2D eigenvalue weighted by atomic mass is 19.4. The molecule has 25 heavy (non-hydrogen) atoms. The first-order valence-electron chi connectivity index (χ1n) is 7.68. The maximum atomic E-state index is 12.5. The molecular weight excluding hydrogens is 341 g/mol. The normalized spacial score (nSPS) is 16.2. The number of piperidine rings is 1. The molecule has 0 bridgehead atoms. The Kier molecular flexibility index (Phi) is 4.60. The number of carbonyl (C=O) groups is 1. The number of nitrogens with zero attached hydrogens (tertiary/aromatic N) is 4. The predicted octanol–water partition coefficient (Wildman–Crippen LogP) is 1.66. The maximum Gasteiger partial charge on any atom is 0.470 e. The quantitative estimate of drug-likeness (QED) is 0.835. The van der Waals surface area contributed by atoms with Crippen LogP contribution in [0.2, 0.25) is 0 Å². The molecule has 3 heterocycles. The fourth-order valence-corrected chi connectivity index (χ4v) is 2.73. The molecule has 0 N–H and O–H groups in total. The molecule has 1 fully saturated rings. The molecule has 1 saturated heterocycles. The summed E-state index contributed by atoms with van der Waals surface area (Å²) in [6, 6.07) is 4.62. The van der Waals surface area contributed by atoms with E-state index >= 15 is 0 Å². The molecule has 1 amide bonds. The van der Waals surface area contributed by atoms with Gasteiger partial charge in [-0.1, -0.05) is 6.07 Å². The number of rotatable bonds is 3. The van der Waals surface area contributed by atoms with E-state index in [1.54, 1.807) is 17.0 Å². The molecule has 1 aliphatic heterocycles. The molecule has 10 heteroatoms. The number of amides is 1. The number of hydrogen-bond donors (Lipinski definition) is 0. The van der Waals surface area contributed by atoms with Crippen LogP contribution in [-0.2, 0) is 17.5 Å². The standard InChI is InChI=1S/C15H15F3N4O3/c16-15(17,18)14-20-19-13(25-14)10-4-7-21(8-5-10)12(24)9-22-6-2-1-3-11(22)23/h1-3,6,10H,4-5,7-9H2. The Morgan fingerprint density at radius 3 is 2.56 bits per heavy atom. The summed E-state index contributed by atoms with van der Waals surface area (Å²) < 4.78 is 43.5. The second-order valence-corrected chi connectivity index (χ2v) is 5.77. The van der Waals surface area contributed by atoms with Gasteiger partial charge in [-0.15, -0.1) is 10.2 Å². The van der Waals surface area contributed by atoms with Gasteiger partial charge in [0.05, 0.1) is 0 Å². The zero-order valence-corrected chi connectivity index (χ0v) is 13.1. The van der Waals surface area contributed by atoms with E-state index in [4.69, 9.17) is 4.42 Å². The average Bonchev–Trinajstić information content (AvgIpc) is 3.07. The van der Waals surface area contributed by atoms with E-state index in [-0.39, 0.29) is 29.8 Å². The van der Waals surface area contributed by atoms with Gasteiger partial charge in [-0.2, -0.15) is 13.2 Å². The van der Waals surface area contributed by atoms with Crippen molar-refractivity contribution in [2.75, 3.05) is 13.1 Å². The van der Waals surface area contributed by atoms with Crippen LogP contribution in [0, 0.1) is 0 Å². The van der Waals surface area contributed by atoms with E-state index < -0.39 is 12.1 Å². The molecule has 0 saturated carbocycles. The zero-order chi connectivity index (χ0) is 18.0. The van der Waals surface area contributed by atoms with E-state index in [0.29, 0.717) is 25.9 Å². The number of pyridine rings is 1. The van der Waals surface area contributed by atoms with Crippen molar-refractivity contribution < 1.29 is 22.4 Å². The molecule has 0 radical (unpaired) electrons. The zero-order valence-electron chi connectivity index (χ0n) is 13.1. The van der Waals surface area contributed by atoms with E-state index in [2.05, 4.69) is 10.2 Å². The molecule has 2 aromatic heterocycles. The molecule has 2 aromatic rings. The van der Waals surface area contributed by atoms with Crippen LogP contribution in [0.5, 0.6) is 0 Å².